The van der Waals surface area contributed by atoms with Crippen LogP contribution in [-0.4, -0.2) is 37.0 Å². The minimum atomic E-state index is 0.119. The Labute approximate surface area is 127 Å². The van der Waals surface area contributed by atoms with Crippen LogP contribution in [0, 0.1) is 5.92 Å². The lowest BCUT2D eigenvalue weighted by Gasteiger charge is -2.26. The van der Waals surface area contributed by atoms with Crippen molar-refractivity contribution in [1.82, 2.24) is 10.2 Å². The van der Waals surface area contributed by atoms with Crippen molar-refractivity contribution in [3.8, 4) is 0 Å². The molecule has 21 heavy (non-hydrogen) atoms. The molecule has 4 nitrogen and oxygen atoms in total. The van der Waals surface area contributed by atoms with Gasteiger partial charge >= 0.3 is 0 Å². The number of hydrogen-bond donors (Lipinski definition) is 2. The fourth-order valence-electron chi connectivity index (χ4n) is 2.95. The number of nitrogens with zero attached hydrogens (tertiary/aromatic N) is 1. The third-order valence-corrected chi connectivity index (χ3v) is 4.17. The second-order valence-corrected chi connectivity index (χ2v) is 6.14. The monoisotopic (exact) mass is 289 g/mol. The van der Waals surface area contributed by atoms with Gasteiger partial charge in [-0.05, 0) is 31.9 Å². The first-order valence-electron chi connectivity index (χ1n) is 7.91. The van der Waals surface area contributed by atoms with Gasteiger partial charge in [-0.3, -0.25) is 4.79 Å². The number of nitrogens with one attached hydrogen (secondary N) is 1. The Kier molecular flexibility index (Phi) is 6.21. The first-order valence-corrected chi connectivity index (χ1v) is 7.91. The molecule has 1 aliphatic rings. The standard InChI is InChI=1S/C17H27N3O/c1-20(13-14-6-3-2-4-7-14)11-10-19-17(21)15-8-5-9-16(18)12-15/h2-4,6-7,15-16H,5,8-13,18H2,1H3,(H,19,21). The van der Waals surface area contributed by atoms with E-state index in [9.17, 15) is 4.79 Å². The van der Waals surface area contributed by atoms with Gasteiger partial charge in [0.1, 0.15) is 0 Å². The van der Waals surface area contributed by atoms with Crippen LogP contribution in [0.5, 0.6) is 0 Å². The Hall–Kier alpha value is -1.39. The van der Waals surface area contributed by atoms with Crippen molar-refractivity contribution in [3.63, 3.8) is 0 Å². The summed E-state index contributed by atoms with van der Waals surface area (Å²) in [6.45, 7) is 2.47. The van der Waals surface area contributed by atoms with Crippen LogP contribution in [0.15, 0.2) is 30.3 Å². The summed E-state index contributed by atoms with van der Waals surface area (Å²) >= 11 is 0. The number of amides is 1. The fraction of sp³-hybridized carbons (Fsp3) is 0.588. The summed E-state index contributed by atoms with van der Waals surface area (Å²) in [6.07, 6.45) is 3.96. The maximum atomic E-state index is 12.1. The van der Waals surface area contributed by atoms with Crippen LogP contribution in [0.1, 0.15) is 31.2 Å². The first-order chi connectivity index (χ1) is 10.1. The van der Waals surface area contributed by atoms with Gasteiger partial charge in [-0.2, -0.15) is 0 Å². The first kappa shape index (κ1) is 16.0. The van der Waals surface area contributed by atoms with E-state index in [1.807, 2.05) is 6.07 Å². The summed E-state index contributed by atoms with van der Waals surface area (Å²) in [5.74, 6) is 0.298. The summed E-state index contributed by atoms with van der Waals surface area (Å²) in [5.41, 5.74) is 7.23. The molecule has 116 valence electrons. The van der Waals surface area contributed by atoms with E-state index in [1.165, 1.54) is 5.56 Å². The molecule has 0 heterocycles. The van der Waals surface area contributed by atoms with Gasteiger partial charge < -0.3 is 16.0 Å². The van der Waals surface area contributed by atoms with E-state index in [-0.39, 0.29) is 17.9 Å². The quantitative estimate of drug-likeness (QED) is 0.839. The molecule has 2 atom stereocenters. The van der Waals surface area contributed by atoms with E-state index in [0.29, 0.717) is 6.54 Å². The van der Waals surface area contributed by atoms with Crippen LogP contribution < -0.4 is 11.1 Å². The highest BCUT2D eigenvalue weighted by Gasteiger charge is 2.24. The molecule has 3 N–H and O–H groups in total. The van der Waals surface area contributed by atoms with Gasteiger partial charge in [0, 0.05) is 31.6 Å². The molecule has 0 aromatic heterocycles. The maximum Gasteiger partial charge on any atom is 0.223 e. The summed E-state index contributed by atoms with van der Waals surface area (Å²) in [7, 11) is 2.08. The van der Waals surface area contributed by atoms with Crippen LogP contribution in [0.25, 0.3) is 0 Å². The van der Waals surface area contributed by atoms with Crippen molar-refractivity contribution in [2.45, 2.75) is 38.3 Å². The molecule has 0 saturated heterocycles. The molecule has 1 aromatic carbocycles. The zero-order valence-electron chi connectivity index (χ0n) is 12.9. The Morgan fingerprint density at radius 3 is 2.81 bits per heavy atom. The van der Waals surface area contributed by atoms with E-state index in [4.69, 9.17) is 5.73 Å². The zero-order chi connectivity index (χ0) is 15.1. The molecule has 0 radical (unpaired) electrons. The van der Waals surface area contributed by atoms with Crippen LogP contribution in [0.3, 0.4) is 0 Å². The van der Waals surface area contributed by atoms with Crippen LogP contribution in [-0.2, 0) is 11.3 Å². The summed E-state index contributed by atoms with van der Waals surface area (Å²) < 4.78 is 0. The van der Waals surface area contributed by atoms with E-state index < -0.39 is 0 Å². The Morgan fingerprint density at radius 2 is 2.10 bits per heavy atom. The average molecular weight is 289 g/mol. The topological polar surface area (TPSA) is 58.4 Å². The van der Waals surface area contributed by atoms with Gasteiger partial charge in [-0.15, -0.1) is 0 Å². The van der Waals surface area contributed by atoms with Crippen molar-refractivity contribution in [2.75, 3.05) is 20.1 Å². The lowest BCUT2D eigenvalue weighted by Crippen LogP contribution is -2.40. The Bertz CT molecular complexity index is 435. The van der Waals surface area contributed by atoms with Crippen LogP contribution in [0.2, 0.25) is 0 Å². The van der Waals surface area contributed by atoms with E-state index in [2.05, 4.69) is 41.5 Å². The molecule has 1 amide bonds. The summed E-state index contributed by atoms with van der Waals surface area (Å²) in [5, 5.41) is 3.05. The lowest BCUT2D eigenvalue weighted by atomic mass is 9.85. The molecular formula is C17H27N3O. The number of likely N-dealkylation sites (N-methyl/N-ethyl adjacent to an activating group) is 1. The minimum absolute atomic E-state index is 0.119. The molecule has 4 heteroatoms. The molecular weight excluding hydrogens is 262 g/mol. The number of carbonyl (C=O) groups is 1. The minimum Gasteiger partial charge on any atom is -0.355 e. The SMILES string of the molecule is CN(CCNC(=O)C1CCCC(N)C1)Cc1ccccc1. The lowest BCUT2D eigenvalue weighted by molar-refractivity contribution is -0.126. The van der Waals surface area contributed by atoms with Crippen LogP contribution in [0.4, 0.5) is 0 Å². The zero-order valence-corrected chi connectivity index (χ0v) is 12.9. The Balaban J connectivity index is 1.65. The van der Waals surface area contributed by atoms with E-state index in [1.54, 1.807) is 0 Å². The van der Waals surface area contributed by atoms with Gasteiger partial charge in [0.05, 0.1) is 0 Å². The number of hydrogen-bond acceptors (Lipinski definition) is 3. The highest BCUT2D eigenvalue weighted by Crippen LogP contribution is 2.22. The van der Waals surface area contributed by atoms with Gasteiger partial charge in [-0.1, -0.05) is 36.8 Å². The number of benzene rings is 1. The van der Waals surface area contributed by atoms with E-state index in [0.717, 1.165) is 38.8 Å². The molecule has 1 aromatic rings. The second-order valence-electron chi connectivity index (χ2n) is 6.14. The molecule has 1 saturated carbocycles. The summed E-state index contributed by atoms with van der Waals surface area (Å²) in [4.78, 5) is 14.3. The van der Waals surface area contributed by atoms with Crippen LogP contribution >= 0.6 is 0 Å². The van der Waals surface area contributed by atoms with Gasteiger partial charge in [-0.25, -0.2) is 0 Å². The third-order valence-electron chi connectivity index (χ3n) is 4.17. The molecule has 1 aliphatic carbocycles. The largest absolute Gasteiger partial charge is 0.355 e. The number of nitrogens with two attached hydrogens (primary N) is 1. The van der Waals surface area contributed by atoms with E-state index >= 15 is 0 Å². The van der Waals surface area contributed by atoms with Gasteiger partial charge in [0.25, 0.3) is 0 Å². The Morgan fingerprint density at radius 1 is 1.33 bits per heavy atom. The van der Waals surface area contributed by atoms with Crippen molar-refractivity contribution in [3.05, 3.63) is 35.9 Å². The predicted octanol–water partition coefficient (Wildman–Crippen LogP) is 1.75. The van der Waals surface area contributed by atoms with Crippen molar-refractivity contribution in [1.29, 1.82) is 0 Å². The smallest absolute Gasteiger partial charge is 0.223 e. The maximum absolute atomic E-state index is 12.1. The average Bonchev–Trinajstić information content (AvgIpc) is 2.48. The highest BCUT2D eigenvalue weighted by atomic mass is 16.1. The fourth-order valence-corrected chi connectivity index (χ4v) is 2.95. The third kappa shape index (κ3) is 5.48. The molecule has 2 unspecified atom stereocenters. The molecule has 0 aliphatic heterocycles. The van der Waals surface area contributed by atoms with Crippen molar-refractivity contribution >= 4 is 5.91 Å². The molecule has 0 spiro atoms. The summed E-state index contributed by atoms with van der Waals surface area (Å²) in [6, 6.07) is 10.6. The molecule has 2 rings (SSSR count). The highest BCUT2D eigenvalue weighted by molar-refractivity contribution is 5.78. The second kappa shape index (κ2) is 8.15. The number of rotatable bonds is 6. The van der Waals surface area contributed by atoms with Gasteiger partial charge in [0.2, 0.25) is 5.91 Å². The normalized spacial score (nSPS) is 22.2. The molecule has 0 bridgehead atoms. The van der Waals surface area contributed by atoms with Crippen molar-refractivity contribution < 1.29 is 4.79 Å². The molecule has 1 fully saturated rings. The predicted molar refractivity (Wildman–Crippen MR) is 85.7 cm³/mol. The number of carbonyl (C=O) groups excluding carboxylic acids is 1. The van der Waals surface area contributed by atoms with Crippen molar-refractivity contribution in [2.24, 2.45) is 11.7 Å². The van der Waals surface area contributed by atoms with Gasteiger partial charge in [0.15, 0.2) is 0 Å².